The lowest BCUT2D eigenvalue weighted by Crippen LogP contribution is -2.44. The summed E-state index contributed by atoms with van der Waals surface area (Å²) in [5.41, 5.74) is 0.574. The van der Waals surface area contributed by atoms with Crippen LogP contribution in [0.25, 0.3) is 0 Å². The van der Waals surface area contributed by atoms with E-state index in [1.54, 1.807) is 31.2 Å². The molecule has 3 atom stereocenters. The van der Waals surface area contributed by atoms with Crippen molar-refractivity contribution in [3.05, 3.63) is 87.2 Å². The summed E-state index contributed by atoms with van der Waals surface area (Å²) in [5.74, 6) is -3.14. The highest BCUT2D eigenvalue weighted by Gasteiger charge is 2.40. The third-order valence-electron chi connectivity index (χ3n) is 5.98. The Labute approximate surface area is 184 Å². The van der Waals surface area contributed by atoms with Crippen molar-refractivity contribution in [3.63, 3.8) is 0 Å². The smallest absolute Gasteiger partial charge is 0.392 e. The Hall–Kier alpha value is -2.85. The Morgan fingerprint density at radius 3 is 2.56 bits per heavy atom. The van der Waals surface area contributed by atoms with Crippen LogP contribution in [0.15, 0.2) is 51.7 Å². The minimum absolute atomic E-state index is 0.0433. The first-order valence-electron chi connectivity index (χ1n) is 10.3. The first-order valence-corrected chi connectivity index (χ1v) is 11.8. The second kappa shape index (κ2) is 8.59. The number of aromatic nitrogens is 2. The van der Waals surface area contributed by atoms with Gasteiger partial charge in [0.05, 0.1) is 5.92 Å². The summed E-state index contributed by atoms with van der Waals surface area (Å²) in [5, 5.41) is 5.03. The quantitative estimate of drug-likeness (QED) is 0.620. The van der Waals surface area contributed by atoms with Gasteiger partial charge in [0.1, 0.15) is 16.9 Å². The van der Waals surface area contributed by atoms with E-state index in [9.17, 15) is 22.0 Å². The van der Waals surface area contributed by atoms with Crippen LogP contribution in [0.4, 0.5) is 8.78 Å². The molecule has 2 aromatic carbocycles. The molecule has 7 nitrogen and oxygen atoms in total. The van der Waals surface area contributed by atoms with Crippen molar-refractivity contribution in [3.8, 4) is 0 Å². The highest BCUT2D eigenvalue weighted by atomic mass is 32.2. The number of hydrogen-bond donors (Lipinski definition) is 1. The molecule has 170 valence electrons. The lowest BCUT2D eigenvalue weighted by atomic mass is 9.98. The van der Waals surface area contributed by atoms with Gasteiger partial charge in [0.25, 0.3) is 0 Å². The summed E-state index contributed by atoms with van der Waals surface area (Å²) in [4.78, 5) is 11.2. The van der Waals surface area contributed by atoms with E-state index in [0.717, 1.165) is 12.1 Å². The van der Waals surface area contributed by atoms with Crippen LogP contribution in [0.1, 0.15) is 60.4 Å². The second-order valence-corrected chi connectivity index (χ2v) is 10.1. The van der Waals surface area contributed by atoms with Crippen molar-refractivity contribution in [1.29, 1.82) is 0 Å². The van der Waals surface area contributed by atoms with Gasteiger partial charge in [-0.15, -0.1) is 5.10 Å². The molecule has 3 aromatic rings. The van der Waals surface area contributed by atoms with E-state index in [0.29, 0.717) is 18.4 Å². The van der Waals surface area contributed by atoms with Crippen LogP contribution >= 0.6 is 0 Å². The Bertz CT molecular complexity index is 1270. The first-order chi connectivity index (χ1) is 15.2. The monoisotopic (exact) mass is 463 g/mol. The van der Waals surface area contributed by atoms with Crippen LogP contribution < -0.4 is 5.76 Å². The first kappa shape index (κ1) is 22.3. The predicted octanol–water partition coefficient (Wildman–Crippen LogP) is 3.85. The Morgan fingerprint density at radius 2 is 1.91 bits per heavy atom. The van der Waals surface area contributed by atoms with Gasteiger partial charge >= 0.3 is 5.76 Å². The van der Waals surface area contributed by atoms with E-state index >= 15 is 0 Å². The number of H-pyrrole nitrogens is 1. The molecule has 1 saturated heterocycles. The molecule has 0 aliphatic carbocycles. The van der Waals surface area contributed by atoms with Crippen molar-refractivity contribution in [1.82, 2.24) is 14.5 Å². The van der Waals surface area contributed by atoms with Crippen LogP contribution in [0.3, 0.4) is 0 Å². The van der Waals surface area contributed by atoms with E-state index in [-0.39, 0.29) is 29.6 Å². The maximum atomic E-state index is 15.0. The normalized spacial score (nSPS) is 22.0. The van der Waals surface area contributed by atoms with Crippen molar-refractivity contribution >= 4 is 10.0 Å². The van der Waals surface area contributed by atoms with E-state index in [1.165, 1.54) is 11.2 Å². The number of aromatic amines is 1. The molecule has 1 N–H and O–H groups in total. The Balaban J connectivity index is 1.64. The SMILES string of the molecule is CC(c1n[nH]c(=O)o1)c1cc(F)c(CN2C(C)CCC(c3ccccc3)S2(=O)=O)cc1F. The average Bonchev–Trinajstić information content (AvgIpc) is 3.19. The maximum Gasteiger partial charge on any atom is 0.434 e. The maximum absolute atomic E-state index is 15.0. The third kappa shape index (κ3) is 4.12. The van der Waals surface area contributed by atoms with Gasteiger partial charge in [0, 0.05) is 23.7 Å². The summed E-state index contributed by atoms with van der Waals surface area (Å²) in [7, 11) is -3.78. The van der Waals surface area contributed by atoms with E-state index in [4.69, 9.17) is 4.42 Å². The number of halogens is 2. The highest BCUT2D eigenvalue weighted by Crippen LogP contribution is 2.38. The van der Waals surface area contributed by atoms with Gasteiger partial charge in [-0.2, -0.15) is 4.31 Å². The molecule has 0 amide bonds. The van der Waals surface area contributed by atoms with Gasteiger partial charge in [-0.3, -0.25) is 0 Å². The molecule has 0 saturated carbocycles. The molecule has 0 radical (unpaired) electrons. The average molecular weight is 464 g/mol. The number of nitrogens with zero attached hydrogens (tertiary/aromatic N) is 2. The van der Waals surface area contributed by atoms with Gasteiger partial charge in [-0.05, 0) is 44.4 Å². The molecule has 1 fully saturated rings. The van der Waals surface area contributed by atoms with Crippen LogP contribution in [0.5, 0.6) is 0 Å². The van der Waals surface area contributed by atoms with Crippen LogP contribution in [0.2, 0.25) is 0 Å². The molecule has 10 heteroatoms. The largest absolute Gasteiger partial charge is 0.434 e. The summed E-state index contributed by atoms with van der Waals surface area (Å²) in [6.07, 6.45) is 1.07. The van der Waals surface area contributed by atoms with E-state index in [2.05, 4.69) is 10.2 Å². The Morgan fingerprint density at radius 1 is 1.19 bits per heavy atom. The van der Waals surface area contributed by atoms with Gasteiger partial charge in [-0.1, -0.05) is 30.3 Å². The number of sulfonamides is 1. The number of benzene rings is 2. The molecule has 3 unspecified atom stereocenters. The lowest BCUT2D eigenvalue weighted by molar-refractivity contribution is 0.278. The summed E-state index contributed by atoms with van der Waals surface area (Å²) in [6, 6.07) is 10.6. The number of nitrogens with one attached hydrogen (secondary N) is 1. The number of rotatable bonds is 5. The van der Waals surface area contributed by atoms with Crippen LogP contribution in [-0.4, -0.2) is 29.0 Å². The molecular formula is C22H23F2N3O4S. The topological polar surface area (TPSA) is 96.3 Å². The fourth-order valence-corrected chi connectivity index (χ4v) is 6.32. The zero-order valence-electron chi connectivity index (χ0n) is 17.6. The third-order valence-corrected chi connectivity index (χ3v) is 8.35. The lowest BCUT2D eigenvalue weighted by Gasteiger charge is -2.37. The van der Waals surface area contributed by atoms with E-state index < -0.39 is 38.6 Å². The number of hydrogen-bond acceptors (Lipinski definition) is 5. The van der Waals surface area contributed by atoms with Gasteiger partial charge in [-0.25, -0.2) is 27.1 Å². The molecule has 1 aliphatic rings. The summed E-state index contributed by atoms with van der Waals surface area (Å²) in [6.45, 7) is 3.02. The van der Waals surface area contributed by atoms with E-state index in [1.807, 2.05) is 6.07 Å². The molecule has 0 bridgehead atoms. The fourth-order valence-electron chi connectivity index (χ4n) is 4.14. The molecule has 0 spiro atoms. The fraction of sp³-hybridized carbons (Fsp3) is 0.364. The summed E-state index contributed by atoms with van der Waals surface area (Å²) >= 11 is 0. The summed E-state index contributed by atoms with van der Waals surface area (Å²) < 4.78 is 62.6. The molecule has 2 heterocycles. The van der Waals surface area contributed by atoms with Gasteiger partial charge in [0.2, 0.25) is 15.9 Å². The zero-order chi connectivity index (χ0) is 23.0. The molecule has 1 aliphatic heterocycles. The van der Waals surface area contributed by atoms with Crippen molar-refractivity contribution < 1.29 is 21.6 Å². The van der Waals surface area contributed by atoms with Gasteiger partial charge in [0.15, 0.2) is 0 Å². The Kier molecular flexibility index (Phi) is 6.00. The van der Waals surface area contributed by atoms with Gasteiger partial charge < -0.3 is 4.42 Å². The standard InChI is InChI=1S/C22H23F2N3O4S/c1-13-8-9-20(15-6-4-3-5-7-15)32(29,30)27(13)12-16-10-19(24)17(11-18(16)23)14(2)21-25-26-22(28)31-21/h3-7,10-11,13-14,20H,8-9,12H2,1-2H3,(H,26,28). The zero-order valence-corrected chi connectivity index (χ0v) is 18.4. The minimum Gasteiger partial charge on any atom is -0.392 e. The molecule has 1 aromatic heterocycles. The molecular weight excluding hydrogens is 440 g/mol. The molecule has 32 heavy (non-hydrogen) atoms. The van der Waals surface area contributed by atoms with Crippen molar-refractivity contribution in [2.45, 2.75) is 50.4 Å². The van der Waals surface area contributed by atoms with Crippen LogP contribution in [-0.2, 0) is 16.6 Å². The molecule has 4 rings (SSSR count). The van der Waals surface area contributed by atoms with Crippen LogP contribution in [0, 0.1) is 11.6 Å². The highest BCUT2D eigenvalue weighted by molar-refractivity contribution is 7.89. The minimum atomic E-state index is -3.78. The van der Waals surface area contributed by atoms with Crippen molar-refractivity contribution in [2.24, 2.45) is 0 Å². The predicted molar refractivity (Wildman–Crippen MR) is 113 cm³/mol. The van der Waals surface area contributed by atoms with Crippen molar-refractivity contribution in [2.75, 3.05) is 0 Å². The second-order valence-electron chi connectivity index (χ2n) is 8.05.